The molecule has 1 aliphatic rings. The van der Waals surface area contributed by atoms with Gasteiger partial charge in [-0.25, -0.2) is 0 Å². The van der Waals surface area contributed by atoms with Gasteiger partial charge in [-0.1, -0.05) is 23.7 Å². The fourth-order valence-electron chi connectivity index (χ4n) is 1.96. The van der Waals surface area contributed by atoms with Crippen LogP contribution in [0.3, 0.4) is 0 Å². The van der Waals surface area contributed by atoms with Gasteiger partial charge in [0.2, 0.25) is 0 Å². The summed E-state index contributed by atoms with van der Waals surface area (Å²) in [7, 11) is 0. The van der Waals surface area contributed by atoms with Crippen molar-refractivity contribution in [3.63, 3.8) is 0 Å². The van der Waals surface area contributed by atoms with E-state index in [2.05, 4.69) is 0 Å². The fourth-order valence-corrected chi connectivity index (χ4v) is 3.63. The van der Waals surface area contributed by atoms with Crippen LogP contribution in [0.4, 0.5) is 4.79 Å². The summed E-state index contributed by atoms with van der Waals surface area (Å²) in [5.41, 5.74) is 1.77. The van der Waals surface area contributed by atoms with E-state index in [1.54, 1.807) is 35.6 Å². The number of halogens is 1. The summed E-state index contributed by atoms with van der Waals surface area (Å²) >= 11 is 8.45. The molecule has 0 spiro atoms. The van der Waals surface area contributed by atoms with Gasteiger partial charge in [0.1, 0.15) is 0 Å². The summed E-state index contributed by atoms with van der Waals surface area (Å²) in [4.78, 5) is 26.0. The van der Waals surface area contributed by atoms with Crippen molar-refractivity contribution in [2.24, 2.45) is 0 Å². The lowest BCUT2D eigenvalue weighted by atomic mass is 10.2. The maximum atomic E-state index is 12.3. The van der Waals surface area contributed by atoms with Crippen molar-refractivity contribution in [1.82, 2.24) is 4.90 Å². The van der Waals surface area contributed by atoms with E-state index in [-0.39, 0.29) is 17.7 Å². The predicted octanol–water partition coefficient (Wildman–Crippen LogP) is 4.64. The Balaban J connectivity index is 1.81. The lowest BCUT2D eigenvalue weighted by Crippen LogP contribution is -2.27. The van der Waals surface area contributed by atoms with Crippen molar-refractivity contribution >= 4 is 51.9 Å². The van der Waals surface area contributed by atoms with Crippen molar-refractivity contribution in [3.8, 4) is 0 Å². The van der Waals surface area contributed by atoms with Gasteiger partial charge >= 0.3 is 0 Å². The number of hydrogen-bond donors (Lipinski definition) is 0. The van der Waals surface area contributed by atoms with Gasteiger partial charge in [-0.3, -0.25) is 14.5 Å². The number of nitrogens with zero attached hydrogens (tertiary/aromatic N) is 1. The molecule has 0 unspecified atom stereocenters. The van der Waals surface area contributed by atoms with Crippen LogP contribution in [0.5, 0.6) is 0 Å². The van der Waals surface area contributed by atoms with E-state index in [9.17, 15) is 9.59 Å². The van der Waals surface area contributed by atoms with E-state index in [1.807, 2.05) is 22.9 Å². The highest BCUT2D eigenvalue weighted by molar-refractivity contribution is 8.18. The Morgan fingerprint density at radius 2 is 2.10 bits per heavy atom. The quantitative estimate of drug-likeness (QED) is 0.767. The second kappa shape index (κ2) is 6.05. The molecular weight excluding hydrogens is 326 g/mol. The first-order chi connectivity index (χ1) is 10.1. The molecule has 1 aromatic carbocycles. The maximum absolute atomic E-state index is 12.3. The van der Waals surface area contributed by atoms with E-state index < -0.39 is 0 Å². The second-order valence-corrected chi connectivity index (χ2v) is 6.66. The van der Waals surface area contributed by atoms with E-state index in [0.717, 1.165) is 22.9 Å². The van der Waals surface area contributed by atoms with Crippen LogP contribution in [-0.2, 0) is 11.3 Å². The Hall–Kier alpha value is -1.56. The summed E-state index contributed by atoms with van der Waals surface area (Å²) in [5.74, 6) is -0.254. The predicted molar refractivity (Wildman–Crippen MR) is 87.3 cm³/mol. The molecule has 3 rings (SSSR count). The molecule has 2 aromatic rings. The van der Waals surface area contributed by atoms with Gasteiger partial charge in [0.05, 0.1) is 11.4 Å². The van der Waals surface area contributed by atoms with E-state index in [1.165, 1.54) is 4.90 Å². The van der Waals surface area contributed by atoms with Crippen molar-refractivity contribution in [1.29, 1.82) is 0 Å². The van der Waals surface area contributed by atoms with Crippen LogP contribution >= 0.6 is 34.7 Å². The Morgan fingerprint density at radius 3 is 2.81 bits per heavy atom. The highest BCUT2D eigenvalue weighted by Crippen LogP contribution is 2.33. The first-order valence-corrected chi connectivity index (χ1v) is 8.29. The van der Waals surface area contributed by atoms with Gasteiger partial charge in [-0.05, 0) is 57.9 Å². The lowest BCUT2D eigenvalue weighted by Gasteiger charge is -2.12. The minimum Gasteiger partial charge on any atom is -0.268 e. The summed E-state index contributed by atoms with van der Waals surface area (Å²) in [6, 6.07) is 9.08. The molecule has 1 aromatic heterocycles. The average Bonchev–Trinajstić information content (AvgIpc) is 3.04. The summed E-state index contributed by atoms with van der Waals surface area (Å²) in [6.07, 6.45) is 1.75. The molecule has 0 radical (unpaired) electrons. The highest BCUT2D eigenvalue weighted by Gasteiger charge is 2.34. The summed E-state index contributed by atoms with van der Waals surface area (Å²) in [6.45, 7) is 0.242. The third-order valence-corrected chi connectivity index (χ3v) is 4.79. The number of rotatable bonds is 3. The lowest BCUT2D eigenvalue weighted by molar-refractivity contribution is -0.123. The third kappa shape index (κ3) is 3.20. The molecule has 0 bridgehead atoms. The van der Waals surface area contributed by atoms with Crippen LogP contribution in [0, 0.1) is 0 Å². The van der Waals surface area contributed by atoms with E-state index in [0.29, 0.717) is 9.93 Å². The Kier molecular flexibility index (Phi) is 4.14. The largest absolute Gasteiger partial charge is 0.293 e. The molecule has 6 heteroatoms. The number of thiophene rings is 1. The maximum Gasteiger partial charge on any atom is 0.293 e. The summed E-state index contributed by atoms with van der Waals surface area (Å²) < 4.78 is 0. The monoisotopic (exact) mass is 335 g/mol. The fraction of sp³-hybridized carbons (Fsp3) is 0.0667. The zero-order valence-electron chi connectivity index (χ0n) is 10.8. The van der Waals surface area contributed by atoms with Crippen LogP contribution in [-0.4, -0.2) is 16.0 Å². The van der Waals surface area contributed by atoms with Gasteiger partial charge in [0, 0.05) is 5.02 Å². The van der Waals surface area contributed by atoms with Crippen LogP contribution in [0.1, 0.15) is 11.1 Å². The molecule has 1 aliphatic heterocycles. The van der Waals surface area contributed by atoms with Gasteiger partial charge in [0.15, 0.2) is 0 Å². The average molecular weight is 336 g/mol. The topological polar surface area (TPSA) is 37.4 Å². The zero-order chi connectivity index (χ0) is 14.8. The van der Waals surface area contributed by atoms with Crippen molar-refractivity contribution < 1.29 is 9.59 Å². The molecule has 0 atom stereocenters. The van der Waals surface area contributed by atoms with Gasteiger partial charge in [0.25, 0.3) is 11.1 Å². The van der Waals surface area contributed by atoms with Crippen molar-refractivity contribution in [2.45, 2.75) is 6.54 Å². The molecule has 21 heavy (non-hydrogen) atoms. The SMILES string of the molecule is O=C1S/C(=C\c2ccsc2)C(=O)N1Cc1cccc(Cl)c1. The summed E-state index contributed by atoms with van der Waals surface area (Å²) in [5, 5.41) is 4.21. The molecule has 0 aliphatic carbocycles. The smallest absolute Gasteiger partial charge is 0.268 e. The van der Waals surface area contributed by atoms with Gasteiger partial charge < -0.3 is 0 Å². The molecule has 2 heterocycles. The number of amides is 2. The molecule has 106 valence electrons. The molecule has 0 saturated carbocycles. The van der Waals surface area contributed by atoms with Gasteiger partial charge in [-0.15, -0.1) is 0 Å². The van der Waals surface area contributed by atoms with E-state index >= 15 is 0 Å². The normalized spacial score (nSPS) is 17.0. The first-order valence-electron chi connectivity index (χ1n) is 6.15. The van der Waals surface area contributed by atoms with Crippen LogP contribution in [0.2, 0.25) is 5.02 Å². The van der Waals surface area contributed by atoms with Gasteiger partial charge in [-0.2, -0.15) is 11.3 Å². The molecule has 0 N–H and O–H groups in total. The van der Waals surface area contributed by atoms with Crippen molar-refractivity contribution in [3.05, 3.63) is 62.1 Å². The molecule has 1 fully saturated rings. The number of hydrogen-bond acceptors (Lipinski definition) is 4. The Labute approximate surface area is 135 Å². The van der Waals surface area contributed by atoms with Crippen LogP contribution in [0.15, 0.2) is 46.0 Å². The molecule has 1 saturated heterocycles. The minimum absolute atomic E-state index is 0.242. The van der Waals surface area contributed by atoms with E-state index in [4.69, 9.17) is 11.6 Å². The number of benzene rings is 1. The first kappa shape index (κ1) is 14.4. The van der Waals surface area contributed by atoms with Crippen LogP contribution < -0.4 is 0 Å². The third-order valence-electron chi connectivity index (χ3n) is 2.94. The minimum atomic E-state index is -0.254. The number of thioether (sulfide) groups is 1. The standard InChI is InChI=1S/C15H10ClNO2S2/c16-12-3-1-2-10(6-12)8-17-14(18)13(21-15(17)19)7-11-4-5-20-9-11/h1-7,9H,8H2/b13-7-. The number of imide groups is 1. The Bertz CT molecular complexity index is 725. The van der Waals surface area contributed by atoms with Crippen molar-refractivity contribution in [2.75, 3.05) is 0 Å². The highest BCUT2D eigenvalue weighted by atomic mass is 35.5. The number of carbonyl (C=O) groups is 2. The zero-order valence-corrected chi connectivity index (χ0v) is 13.2. The molecule has 3 nitrogen and oxygen atoms in total. The molecular formula is C15H10ClNO2S2. The Morgan fingerprint density at radius 1 is 1.24 bits per heavy atom. The second-order valence-electron chi connectivity index (χ2n) is 4.45. The van der Waals surface area contributed by atoms with Crippen LogP contribution in [0.25, 0.3) is 6.08 Å². The molecule has 2 amide bonds. The number of carbonyl (C=O) groups excluding carboxylic acids is 2.